The van der Waals surface area contributed by atoms with Gasteiger partial charge in [-0.3, -0.25) is 9.59 Å². The zero-order valence-corrected chi connectivity index (χ0v) is 12.8. The number of carboxylic acids is 1. The topological polar surface area (TPSA) is 66.8 Å². The molecule has 1 saturated heterocycles. The molecule has 0 aromatic heterocycles. The average molecular weight is 324 g/mol. The lowest BCUT2D eigenvalue weighted by molar-refractivity contribution is -0.148. The van der Waals surface area contributed by atoms with Crippen molar-refractivity contribution in [3.63, 3.8) is 0 Å². The molecule has 1 amide bonds. The van der Waals surface area contributed by atoms with Gasteiger partial charge >= 0.3 is 5.97 Å². The van der Waals surface area contributed by atoms with E-state index in [9.17, 15) is 9.59 Å². The first-order valence-electron chi connectivity index (χ1n) is 7.42. The van der Waals surface area contributed by atoms with Crippen molar-refractivity contribution in [2.24, 2.45) is 5.92 Å². The summed E-state index contributed by atoms with van der Waals surface area (Å²) < 4.78 is 5.40. The van der Waals surface area contributed by atoms with Crippen molar-refractivity contribution in [3.05, 3.63) is 34.9 Å². The normalized spacial score (nSPS) is 27.5. The summed E-state index contributed by atoms with van der Waals surface area (Å²) in [7, 11) is 0. The SMILES string of the molecule is O=C(O)CC1CN(C(=O)C2CC2c2cccc(Cl)c2)CCO1. The Morgan fingerprint density at radius 1 is 1.41 bits per heavy atom. The maximum absolute atomic E-state index is 12.6. The number of hydrogen-bond donors (Lipinski definition) is 1. The van der Waals surface area contributed by atoms with E-state index in [2.05, 4.69) is 0 Å². The van der Waals surface area contributed by atoms with Gasteiger partial charge in [0.25, 0.3) is 0 Å². The maximum atomic E-state index is 12.6. The van der Waals surface area contributed by atoms with Crippen molar-refractivity contribution < 1.29 is 19.4 Å². The second kappa shape index (κ2) is 6.26. The molecule has 0 spiro atoms. The van der Waals surface area contributed by atoms with Crippen LogP contribution < -0.4 is 0 Å². The summed E-state index contributed by atoms with van der Waals surface area (Å²) >= 11 is 5.99. The van der Waals surface area contributed by atoms with Gasteiger partial charge in [-0.1, -0.05) is 23.7 Å². The number of carbonyl (C=O) groups excluding carboxylic acids is 1. The lowest BCUT2D eigenvalue weighted by atomic mass is 10.1. The Labute approximate surface area is 133 Å². The van der Waals surface area contributed by atoms with E-state index in [0.29, 0.717) is 24.7 Å². The highest BCUT2D eigenvalue weighted by Crippen LogP contribution is 2.49. The Hall–Kier alpha value is -1.59. The number of aliphatic carboxylic acids is 1. The van der Waals surface area contributed by atoms with Gasteiger partial charge < -0.3 is 14.7 Å². The number of halogens is 1. The fourth-order valence-electron chi connectivity index (χ4n) is 3.05. The van der Waals surface area contributed by atoms with Gasteiger partial charge in [-0.2, -0.15) is 0 Å². The fraction of sp³-hybridized carbons (Fsp3) is 0.500. The number of benzene rings is 1. The molecule has 1 heterocycles. The minimum absolute atomic E-state index is 0.0120. The Morgan fingerprint density at radius 2 is 2.23 bits per heavy atom. The van der Waals surface area contributed by atoms with Crippen LogP contribution in [0, 0.1) is 5.92 Å². The molecule has 3 unspecified atom stereocenters. The molecule has 2 aliphatic rings. The molecule has 118 valence electrons. The molecule has 6 heteroatoms. The largest absolute Gasteiger partial charge is 0.481 e. The maximum Gasteiger partial charge on any atom is 0.306 e. The van der Waals surface area contributed by atoms with Gasteiger partial charge in [-0.25, -0.2) is 0 Å². The first-order valence-corrected chi connectivity index (χ1v) is 7.80. The molecule has 1 aliphatic heterocycles. The number of ether oxygens (including phenoxy) is 1. The molecule has 1 aromatic rings. The Kier molecular flexibility index (Phi) is 4.36. The molecule has 2 fully saturated rings. The van der Waals surface area contributed by atoms with Crippen molar-refractivity contribution in [1.82, 2.24) is 4.90 Å². The molecular formula is C16H18ClNO4. The number of carboxylic acid groups (broad SMARTS) is 1. The van der Waals surface area contributed by atoms with Gasteiger partial charge in [0.05, 0.1) is 19.1 Å². The number of rotatable bonds is 4. The predicted molar refractivity (Wildman–Crippen MR) is 80.9 cm³/mol. The van der Waals surface area contributed by atoms with Crippen LogP contribution in [0.25, 0.3) is 0 Å². The molecule has 3 rings (SSSR count). The van der Waals surface area contributed by atoms with E-state index in [1.807, 2.05) is 24.3 Å². The van der Waals surface area contributed by atoms with Crippen molar-refractivity contribution in [2.45, 2.75) is 24.9 Å². The molecule has 5 nitrogen and oxygen atoms in total. The van der Waals surface area contributed by atoms with Crippen LogP contribution in [0.2, 0.25) is 5.02 Å². The number of morpholine rings is 1. The Morgan fingerprint density at radius 3 is 2.95 bits per heavy atom. The summed E-state index contributed by atoms with van der Waals surface area (Å²) in [6, 6.07) is 7.63. The average Bonchev–Trinajstić information content (AvgIpc) is 3.26. The quantitative estimate of drug-likeness (QED) is 0.922. The molecule has 0 bridgehead atoms. The van der Waals surface area contributed by atoms with Crippen LogP contribution in [0.5, 0.6) is 0 Å². The highest BCUT2D eigenvalue weighted by Gasteiger charge is 2.46. The first kappa shape index (κ1) is 15.3. The van der Waals surface area contributed by atoms with E-state index in [-0.39, 0.29) is 24.2 Å². The Balaban J connectivity index is 1.59. The van der Waals surface area contributed by atoms with Gasteiger partial charge in [-0.15, -0.1) is 0 Å². The van der Waals surface area contributed by atoms with E-state index in [1.165, 1.54) is 0 Å². The summed E-state index contributed by atoms with van der Waals surface area (Å²) in [6.07, 6.45) is 0.366. The van der Waals surface area contributed by atoms with Gasteiger partial charge in [0.2, 0.25) is 5.91 Å². The van der Waals surface area contributed by atoms with E-state index in [4.69, 9.17) is 21.4 Å². The zero-order chi connectivity index (χ0) is 15.7. The van der Waals surface area contributed by atoms with Crippen LogP contribution in [0.15, 0.2) is 24.3 Å². The standard InChI is InChI=1S/C16H18ClNO4/c17-11-3-1-2-10(6-11)13-8-14(13)16(21)18-4-5-22-12(9-18)7-15(19)20/h1-3,6,12-14H,4-5,7-9H2,(H,19,20). The second-order valence-corrected chi connectivity index (χ2v) is 6.32. The Bertz CT molecular complexity index is 591. The van der Waals surface area contributed by atoms with E-state index >= 15 is 0 Å². The molecule has 1 aliphatic carbocycles. The summed E-state index contributed by atoms with van der Waals surface area (Å²) in [5, 5.41) is 9.52. The summed E-state index contributed by atoms with van der Waals surface area (Å²) in [5.74, 6) is -0.583. The number of carbonyl (C=O) groups is 2. The van der Waals surface area contributed by atoms with Crippen LogP contribution in [0.4, 0.5) is 0 Å². The van der Waals surface area contributed by atoms with Crippen molar-refractivity contribution in [1.29, 1.82) is 0 Å². The van der Waals surface area contributed by atoms with Crippen LogP contribution in [0.1, 0.15) is 24.3 Å². The van der Waals surface area contributed by atoms with Crippen molar-refractivity contribution in [3.8, 4) is 0 Å². The van der Waals surface area contributed by atoms with Gasteiger partial charge in [0.1, 0.15) is 0 Å². The highest BCUT2D eigenvalue weighted by atomic mass is 35.5. The van der Waals surface area contributed by atoms with Crippen LogP contribution in [-0.4, -0.2) is 47.7 Å². The third-order valence-electron chi connectivity index (χ3n) is 4.24. The number of hydrogen-bond acceptors (Lipinski definition) is 3. The fourth-order valence-corrected chi connectivity index (χ4v) is 3.24. The lowest BCUT2D eigenvalue weighted by Gasteiger charge is -2.32. The number of amides is 1. The van der Waals surface area contributed by atoms with E-state index < -0.39 is 12.1 Å². The summed E-state index contributed by atoms with van der Waals surface area (Å²) in [4.78, 5) is 25.1. The predicted octanol–water partition coefficient (Wildman–Crippen LogP) is 2.15. The van der Waals surface area contributed by atoms with Gasteiger partial charge in [0.15, 0.2) is 0 Å². The monoisotopic (exact) mass is 323 g/mol. The molecule has 1 N–H and O–H groups in total. The van der Waals surface area contributed by atoms with E-state index in [0.717, 1.165) is 12.0 Å². The molecule has 3 atom stereocenters. The van der Waals surface area contributed by atoms with Crippen LogP contribution in [0.3, 0.4) is 0 Å². The van der Waals surface area contributed by atoms with Crippen molar-refractivity contribution in [2.75, 3.05) is 19.7 Å². The summed E-state index contributed by atoms with van der Waals surface area (Å²) in [6.45, 7) is 1.30. The molecule has 22 heavy (non-hydrogen) atoms. The van der Waals surface area contributed by atoms with E-state index in [1.54, 1.807) is 4.90 Å². The third-order valence-corrected chi connectivity index (χ3v) is 4.47. The minimum Gasteiger partial charge on any atom is -0.481 e. The second-order valence-electron chi connectivity index (χ2n) is 5.88. The lowest BCUT2D eigenvalue weighted by Crippen LogP contribution is -2.47. The number of nitrogens with zero attached hydrogens (tertiary/aromatic N) is 1. The van der Waals surface area contributed by atoms with Crippen LogP contribution in [-0.2, 0) is 14.3 Å². The highest BCUT2D eigenvalue weighted by molar-refractivity contribution is 6.30. The van der Waals surface area contributed by atoms with Crippen LogP contribution >= 0.6 is 11.6 Å². The minimum atomic E-state index is -0.900. The first-order chi connectivity index (χ1) is 10.5. The van der Waals surface area contributed by atoms with Gasteiger partial charge in [0, 0.05) is 24.0 Å². The van der Waals surface area contributed by atoms with Gasteiger partial charge in [-0.05, 0) is 30.0 Å². The third kappa shape index (κ3) is 3.42. The summed E-state index contributed by atoms with van der Waals surface area (Å²) in [5.41, 5.74) is 1.10. The van der Waals surface area contributed by atoms with Crippen molar-refractivity contribution >= 4 is 23.5 Å². The molecule has 0 radical (unpaired) electrons. The smallest absolute Gasteiger partial charge is 0.306 e. The zero-order valence-electron chi connectivity index (χ0n) is 12.1. The molecular weight excluding hydrogens is 306 g/mol. The molecule has 1 saturated carbocycles. The molecule has 1 aromatic carbocycles.